The van der Waals surface area contributed by atoms with Crippen molar-refractivity contribution < 1.29 is 28.7 Å². The van der Waals surface area contributed by atoms with Crippen molar-refractivity contribution in [2.24, 2.45) is 0 Å². The molecular weight excluding hydrogens is 424 g/mol. The van der Waals surface area contributed by atoms with Gasteiger partial charge >= 0.3 is 5.97 Å². The number of esters is 1. The van der Waals surface area contributed by atoms with Gasteiger partial charge < -0.3 is 19.5 Å². The van der Waals surface area contributed by atoms with Crippen LogP contribution < -0.4 is 14.8 Å². The van der Waals surface area contributed by atoms with Crippen molar-refractivity contribution >= 4 is 39.2 Å². The minimum absolute atomic E-state index is 0.127. The summed E-state index contributed by atoms with van der Waals surface area (Å²) in [5.41, 5.74) is 0.346. The van der Waals surface area contributed by atoms with Gasteiger partial charge in [-0.15, -0.1) is 0 Å². The lowest BCUT2D eigenvalue weighted by Gasteiger charge is -2.10. The van der Waals surface area contributed by atoms with E-state index in [9.17, 15) is 19.7 Å². The average molecular weight is 439 g/mol. The second-order valence-corrected chi connectivity index (χ2v) is 6.00. The summed E-state index contributed by atoms with van der Waals surface area (Å²) in [5, 5.41) is 13.2. The molecule has 0 saturated carbocycles. The van der Waals surface area contributed by atoms with Crippen LogP contribution in [0.2, 0.25) is 0 Å². The second-order valence-electron chi connectivity index (χ2n) is 5.15. The van der Waals surface area contributed by atoms with E-state index in [1.807, 2.05) is 0 Å². The number of nitrogens with zero attached hydrogens (tertiary/aromatic N) is 1. The van der Waals surface area contributed by atoms with Crippen LogP contribution in [0.25, 0.3) is 0 Å². The molecule has 2 rings (SSSR count). The number of benzene rings is 2. The summed E-state index contributed by atoms with van der Waals surface area (Å²) in [6, 6.07) is 8.37. The molecule has 2 aromatic carbocycles. The fourth-order valence-electron chi connectivity index (χ4n) is 2.04. The fraction of sp³-hybridized carbons (Fsp3) is 0.176. The van der Waals surface area contributed by atoms with Gasteiger partial charge in [0.1, 0.15) is 11.5 Å². The first-order valence-electron chi connectivity index (χ1n) is 7.48. The Bertz CT molecular complexity index is 863. The second kappa shape index (κ2) is 8.99. The number of ether oxygens (including phenoxy) is 3. The summed E-state index contributed by atoms with van der Waals surface area (Å²) in [6.45, 7) is -0.540. The van der Waals surface area contributed by atoms with E-state index in [1.54, 1.807) is 6.07 Å². The number of anilines is 1. The molecule has 0 bridgehead atoms. The SMILES string of the molecule is COc1cc(OC)cc(C(=O)OCC(=O)Nc2ccc([N+](=O)[O-])cc2Br)c1. The Kier molecular flexibility index (Phi) is 6.72. The Hall–Kier alpha value is -3.14. The molecule has 0 saturated heterocycles. The predicted molar refractivity (Wildman–Crippen MR) is 99.3 cm³/mol. The largest absolute Gasteiger partial charge is 0.497 e. The van der Waals surface area contributed by atoms with Gasteiger partial charge in [-0.3, -0.25) is 14.9 Å². The minimum Gasteiger partial charge on any atom is -0.497 e. The lowest BCUT2D eigenvalue weighted by molar-refractivity contribution is -0.384. The quantitative estimate of drug-likeness (QED) is 0.400. The summed E-state index contributed by atoms with van der Waals surface area (Å²) in [4.78, 5) is 34.3. The third-order valence-corrected chi connectivity index (χ3v) is 4.02. The number of carbonyl (C=O) groups excluding carboxylic acids is 2. The number of amides is 1. The van der Waals surface area contributed by atoms with E-state index in [2.05, 4.69) is 21.2 Å². The fourth-order valence-corrected chi connectivity index (χ4v) is 2.51. The molecular formula is C17H15BrN2O7. The smallest absolute Gasteiger partial charge is 0.338 e. The van der Waals surface area contributed by atoms with Crippen LogP contribution in [0.4, 0.5) is 11.4 Å². The van der Waals surface area contributed by atoms with Gasteiger partial charge in [-0.2, -0.15) is 0 Å². The van der Waals surface area contributed by atoms with Crippen LogP contribution in [0, 0.1) is 10.1 Å². The van der Waals surface area contributed by atoms with Crippen LogP contribution in [-0.2, 0) is 9.53 Å². The maximum atomic E-state index is 12.1. The maximum Gasteiger partial charge on any atom is 0.338 e. The van der Waals surface area contributed by atoms with Crippen LogP contribution in [-0.4, -0.2) is 37.6 Å². The van der Waals surface area contributed by atoms with E-state index >= 15 is 0 Å². The highest BCUT2D eigenvalue weighted by atomic mass is 79.9. The van der Waals surface area contributed by atoms with Gasteiger partial charge in [-0.25, -0.2) is 4.79 Å². The van der Waals surface area contributed by atoms with E-state index in [1.165, 1.54) is 44.6 Å². The molecule has 0 fully saturated rings. The molecule has 1 amide bonds. The molecule has 1 N–H and O–H groups in total. The Morgan fingerprint density at radius 3 is 2.26 bits per heavy atom. The molecule has 0 spiro atoms. The zero-order valence-corrected chi connectivity index (χ0v) is 15.9. The van der Waals surface area contributed by atoms with Gasteiger partial charge in [0.15, 0.2) is 6.61 Å². The summed E-state index contributed by atoms with van der Waals surface area (Å²) >= 11 is 3.14. The van der Waals surface area contributed by atoms with Crippen LogP contribution in [0.3, 0.4) is 0 Å². The van der Waals surface area contributed by atoms with E-state index < -0.39 is 23.4 Å². The van der Waals surface area contributed by atoms with Crippen molar-refractivity contribution in [3.05, 3.63) is 56.5 Å². The molecule has 0 unspecified atom stereocenters. The number of nitrogens with one attached hydrogen (secondary N) is 1. The molecule has 142 valence electrons. The highest BCUT2D eigenvalue weighted by Gasteiger charge is 2.15. The first-order chi connectivity index (χ1) is 12.8. The Morgan fingerprint density at radius 2 is 1.74 bits per heavy atom. The molecule has 2 aromatic rings. The van der Waals surface area contributed by atoms with Crippen molar-refractivity contribution in [3.8, 4) is 11.5 Å². The first-order valence-corrected chi connectivity index (χ1v) is 8.27. The van der Waals surface area contributed by atoms with Crippen molar-refractivity contribution in [2.45, 2.75) is 0 Å². The molecule has 0 radical (unpaired) electrons. The predicted octanol–water partition coefficient (Wildman–Crippen LogP) is 3.17. The van der Waals surface area contributed by atoms with Gasteiger partial charge in [0.05, 0.1) is 30.4 Å². The summed E-state index contributed by atoms with van der Waals surface area (Å²) < 4.78 is 15.4. The van der Waals surface area contributed by atoms with E-state index in [0.717, 1.165) is 0 Å². The van der Waals surface area contributed by atoms with Crippen LogP contribution in [0.5, 0.6) is 11.5 Å². The standard InChI is InChI=1S/C17H15BrN2O7/c1-25-12-5-10(6-13(8-12)26-2)17(22)27-9-16(21)19-15-4-3-11(20(23)24)7-14(15)18/h3-8H,9H2,1-2H3,(H,19,21). The van der Waals surface area contributed by atoms with Gasteiger partial charge in [-0.05, 0) is 34.1 Å². The molecule has 0 aromatic heterocycles. The van der Waals surface area contributed by atoms with Crippen LogP contribution in [0.1, 0.15) is 10.4 Å². The Balaban J connectivity index is 1.99. The highest BCUT2D eigenvalue weighted by molar-refractivity contribution is 9.10. The number of carbonyl (C=O) groups is 2. The van der Waals surface area contributed by atoms with Crippen molar-refractivity contribution in [3.63, 3.8) is 0 Å². The van der Waals surface area contributed by atoms with Gasteiger partial charge in [-0.1, -0.05) is 0 Å². The zero-order valence-electron chi connectivity index (χ0n) is 14.4. The molecule has 0 atom stereocenters. The van der Waals surface area contributed by atoms with Gasteiger partial charge in [0.25, 0.3) is 11.6 Å². The maximum absolute atomic E-state index is 12.1. The number of non-ortho nitro benzene ring substituents is 1. The van der Waals surface area contributed by atoms with Gasteiger partial charge in [0, 0.05) is 22.7 Å². The summed E-state index contributed by atoms with van der Waals surface area (Å²) in [7, 11) is 2.89. The van der Waals surface area contributed by atoms with Crippen molar-refractivity contribution in [1.29, 1.82) is 0 Å². The van der Waals surface area contributed by atoms with Crippen molar-refractivity contribution in [1.82, 2.24) is 0 Å². The topological polar surface area (TPSA) is 117 Å². The number of nitro benzene ring substituents is 1. The number of hydrogen-bond acceptors (Lipinski definition) is 7. The number of methoxy groups -OCH3 is 2. The van der Waals surface area contributed by atoms with Gasteiger partial charge in [0.2, 0.25) is 0 Å². The van der Waals surface area contributed by atoms with E-state index in [-0.39, 0.29) is 11.3 Å². The highest BCUT2D eigenvalue weighted by Crippen LogP contribution is 2.27. The average Bonchev–Trinajstić information content (AvgIpc) is 2.66. The number of nitro groups is 1. The summed E-state index contributed by atoms with van der Waals surface area (Å²) in [5.74, 6) is -0.529. The molecule has 0 aliphatic carbocycles. The van der Waals surface area contributed by atoms with E-state index in [0.29, 0.717) is 21.7 Å². The lowest BCUT2D eigenvalue weighted by atomic mass is 10.2. The third-order valence-electron chi connectivity index (χ3n) is 3.36. The number of rotatable bonds is 7. The zero-order chi connectivity index (χ0) is 20.0. The number of halogens is 1. The Labute approximate surface area is 162 Å². The van der Waals surface area contributed by atoms with Crippen molar-refractivity contribution in [2.75, 3.05) is 26.1 Å². The van der Waals surface area contributed by atoms with Crippen LogP contribution >= 0.6 is 15.9 Å². The number of hydrogen-bond donors (Lipinski definition) is 1. The van der Waals surface area contributed by atoms with E-state index in [4.69, 9.17) is 14.2 Å². The Morgan fingerprint density at radius 1 is 1.11 bits per heavy atom. The summed E-state index contributed by atoms with van der Waals surface area (Å²) in [6.07, 6.45) is 0. The molecule has 10 heteroatoms. The molecule has 0 aliphatic heterocycles. The minimum atomic E-state index is -0.731. The normalized spacial score (nSPS) is 10.0. The molecule has 9 nitrogen and oxygen atoms in total. The monoisotopic (exact) mass is 438 g/mol. The molecule has 0 heterocycles. The first kappa shape index (κ1) is 20.2. The lowest BCUT2D eigenvalue weighted by Crippen LogP contribution is -2.21. The molecule has 0 aliphatic rings. The molecule has 27 heavy (non-hydrogen) atoms. The van der Waals surface area contributed by atoms with Crippen LogP contribution in [0.15, 0.2) is 40.9 Å². The third kappa shape index (κ3) is 5.42.